The van der Waals surface area contributed by atoms with Crippen LogP contribution in [0.3, 0.4) is 0 Å². The van der Waals surface area contributed by atoms with Crippen LogP contribution >= 0.6 is 0 Å². The van der Waals surface area contributed by atoms with E-state index in [0.29, 0.717) is 26.1 Å². The largest absolute Gasteiger partial charge is 0.378 e. The Bertz CT molecular complexity index is 467. The fourth-order valence-corrected chi connectivity index (χ4v) is 5.14. The van der Waals surface area contributed by atoms with Gasteiger partial charge in [0.05, 0.1) is 25.1 Å². The van der Waals surface area contributed by atoms with Crippen molar-refractivity contribution in [2.45, 2.75) is 51.6 Å². The summed E-state index contributed by atoms with van der Waals surface area (Å²) in [6, 6.07) is 0. The Morgan fingerprint density at radius 2 is 1.95 bits per heavy atom. The van der Waals surface area contributed by atoms with E-state index < -0.39 is 10.0 Å². The monoisotopic (exact) mass is 331 g/mol. The number of nitrogens with zero attached hydrogens (tertiary/aromatic N) is 1. The zero-order chi connectivity index (χ0) is 15.6. The van der Waals surface area contributed by atoms with Gasteiger partial charge in [0.1, 0.15) is 0 Å². The van der Waals surface area contributed by atoms with Gasteiger partial charge in [0.15, 0.2) is 0 Å². The molecule has 6 heteroatoms. The maximum absolute atomic E-state index is 12.1. The SMILES string of the molecule is CCCS(=O)(=O)N1CCC2(CC1)CO[C@@H](COCC1CC1)C2. The summed E-state index contributed by atoms with van der Waals surface area (Å²) in [7, 11) is -3.04. The Morgan fingerprint density at radius 3 is 2.59 bits per heavy atom. The molecule has 1 aliphatic carbocycles. The molecule has 0 aromatic rings. The quantitative estimate of drug-likeness (QED) is 0.716. The second-order valence-corrected chi connectivity index (χ2v) is 9.42. The molecular formula is C16H29NO4S. The van der Waals surface area contributed by atoms with Gasteiger partial charge in [0.2, 0.25) is 10.0 Å². The molecule has 0 unspecified atom stereocenters. The third kappa shape index (κ3) is 4.02. The smallest absolute Gasteiger partial charge is 0.214 e. The Morgan fingerprint density at radius 1 is 1.23 bits per heavy atom. The molecule has 128 valence electrons. The van der Waals surface area contributed by atoms with Crippen LogP contribution in [-0.4, -0.2) is 57.5 Å². The van der Waals surface area contributed by atoms with E-state index in [4.69, 9.17) is 9.47 Å². The predicted molar refractivity (Wildman–Crippen MR) is 85.2 cm³/mol. The molecule has 0 bridgehead atoms. The van der Waals surface area contributed by atoms with Crippen LogP contribution in [0.1, 0.15) is 45.4 Å². The van der Waals surface area contributed by atoms with Gasteiger partial charge in [0.25, 0.3) is 0 Å². The van der Waals surface area contributed by atoms with Crippen molar-refractivity contribution in [2.75, 3.05) is 38.7 Å². The molecule has 0 aromatic heterocycles. The van der Waals surface area contributed by atoms with Gasteiger partial charge in [-0.2, -0.15) is 0 Å². The molecule has 0 amide bonds. The van der Waals surface area contributed by atoms with E-state index in [1.807, 2.05) is 6.92 Å². The van der Waals surface area contributed by atoms with Crippen molar-refractivity contribution < 1.29 is 17.9 Å². The Hall–Kier alpha value is -0.170. The Labute approximate surface area is 134 Å². The fourth-order valence-electron chi connectivity index (χ4n) is 3.63. The topological polar surface area (TPSA) is 55.8 Å². The lowest BCUT2D eigenvalue weighted by atomic mass is 9.77. The maximum atomic E-state index is 12.1. The molecular weight excluding hydrogens is 302 g/mol. The average Bonchev–Trinajstić information content (AvgIpc) is 3.22. The number of rotatable bonds is 7. The van der Waals surface area contributed by atoms with Gasteiger partial charge >= 0.3 is 0 Å². The fraction of sp³-hybridized carbons (Fsp3) is 1.00. The number of ether oxygens (including phenoxy) is 2. The molecule has 5 nitrogen and oxygen atoms in total. The molecule has 1 spiro atoms. The van der Waals surface area contributed by atoms with Crippen molar-refractivity contribution in [3.8, 4) is 0 Å². The number of hydrogen-bond acceptors (Lipinski definition) is 4. The molecule has 1 saturated carbocycles. The van der Waals surface area contributed by atoms with Gasteiger partial charge in [-0.25, -0.2) is 12.7 Å². The summed E-state index contributed by atoms with van der Waals surface area (Å²) < 4.78 is 37.6. The standard InChI is InChI=1S/C16H29NO4S/c1-2-9-22(18,19)17-7-5-16(6-8-17)10-15(21-13-16)12-20-11-14-3-4-14/h14-15H,2-13H2,1H3/t15-/m1/s1. The van der Waals surface area contributed by atoms with E-state index in [0.717, 1.165) is 38.4 Å². The Balaban J connectivity index is 1.44. The molecule has 2 aliphatic heterocycles. The van der Waals surface area contributed by atoms with Crippen LogP contribution in [-0.2, 0) is 19.5 Å². The first kappa shape index (κ1) is 16.7. The van der Waals surface area contributed by atoms with Crippen molar-refractivity contribution >= 4 is 10.0 Å². The molecule has 3 fully saturated rings. The lowest BCUT2D eigenvalue weighted by Gasteiger charge is -2.37. The van der Waals surface area contributed by atoms with Crippen LogP contribution in [0.4, 0.5) is 0 Å². The summed E-state index contributed by atoms with van der Waals surface area (Å²) in [5.41, 5.74) is 0.186. The minimum atomic E-state index is -3.04. The molecule has 1 atom stereocenters. The Kier molecular flexibility index (Phi) is 5.12. The lowest BCUT2D eigenvalue weighted by Crippen LogP contribution is -2.44. The third-order valence-corrected chi connectivity index (χ3v) is 7.35. The zero-order valence-electron chi connectivity index (χ0n) is 13.6. The molecule has 22 heavy (non-hydrogen) atoms. The highest BCUT2D eigenvalue weighted by atomic mass is 32.2. The maximum Gasteiger partial charge on any atom is 0.214 e. The lowest BCUT2D eigenvalue weighted by molar-refractivity contribution is 0.0103. The second-order valence-electron chi connectivity index (χ2n) is 7.33. The minimum Gasteiger partial charge on any atom is -0.378 e. The van der Waals surface area contributed by atoms with Crippen LogP contribution < -0.4 is 0 Å². The normalized spacial score (nSPS) is 29.2. The van der Waals surface area contributed by atoms with E-state index in [9.17, 15) is 8.42 Å². The van der Waals surface area contributed by atoms with Gasteiger partial charge in [-0.05, 0) is 49.9 Å². The second kappa shape index (κ2) is 6.75. The van der Waals surface area contributed by atoms with Crippen LogP contribution in [0.25, 0.3) is 0 Å². The van der Waals surface area contributed by atoms with Crippen molar-refractivity contribution in [1.29, 1.82) is 0 Å². The van der Waals surface area contributed by atoms with Crippen LogP contribution in [0, 0.1) is 11.3 Å². The molecule has 2 heterocycles. The molecule has 0 radical (unpaired) electrons. The van der Waals surface area contributed by atoms with Crippen LogP contribution in [0.5, 0.6) is 0 Å². The summed E-state index contributed by atoms with van der Waals surface area (Å²) in [5.74, 6) is 1.07. The predicted octanol–water partition coefficient (Wildman–Crippen LogP) is 2.02. The van der Waals surface area contributed by atoms with E-state index >= 15 is 0 Å². The van der Waals surface area contributed by atoms with Crippen LogP contribution in [0.15, 0.2) is 0 Å². The first-order valence-electron chi connectivity index (χ1n) is 8.70. The minimum absolute atomic E-state index is 0.186. The molecule has 3 rings (SSSR count). The van der Waals surface area contributed by atoms with Gasteiger partial charge in [-0.15, -0.1) is 0 Å². The third-order valence-electron chi connectivity index (χ3n) is 5.28. The summed E-state index contributed by atoms with van der Waals surface area (Å²) in [5, 5.41) is 0. The van der Waals surface area contributed by atoms with Gasteiger partial charge in [-0.3, -0.25) is 0 Å². The van der Waals surface area contributed by atoms with E-state index in [-0.39, 0.29) is 17.3 Å². The zero-order valence-corrected chi connectivity index (χ0v) is 14.4. The number of sulfonamides is 1. The highest BCUT2D eigenvalue weighted by Gasteiger charge is 2.44. The van der Waals surface area contributed by atoms with Crippen molar-refractivity contribution in [1.82, 2.24) is 4.31 Å². The van der Waals surface area contributed by atoms with Crippen molar-refractivity contribution in [2.24, 2.45) is 11.3 Å². The van der Waals surface area contributed by atoms with Gasteiger partial charge < -0.3 is 9.47 Å². The highest BCUT2D eigenvalue weighted by Crippen LogP contribution is 2.42. The van der Waals surface area contributed by atoms with E-state index in [1.54, 1.807) is 4.31 Å². The summed E-state index contributed by atoms with van der Waals surface area (Å²) >= 11 is 0. The highest BCUT2D eigenvalue weighted by molar-refractivity contribution is 7.89. The van der Waals surface area contributed by atoms with E-state index in [2.05, 4.69) is 0 Å². The van der Waals surface area contributed by atoms with E-state index in [1.165, 1.54) is 12.8 Å². The first-order chi connectivity index (χ1) is 10.5. The molecule has 0 N–H and O–H groups in total. The van der Waals surface area contributed by atoms with Crippen molar-refractivity contribution in [3.05, 3.63) is 0 Å². The van der Waals surface area contributed by atoms with Gasteiger partial charge in [-0.1, -0.05) is 6.92 Å². The molecule has 0 aromatic carbocycles. The number of hydrogen-bond donors (Lipinski definition) is 0. The average molecular weight is 331 g/mol. The summed E-state index contributed by atoms with van der Waals surface area (Å²) in [6.45, 7) is 5.58. The van der Waals surface area contributed by atoms with Crippen molar-refractivity contribution in [3.63, 3.8) is 0 Å². The van der Waals surface area contributed by atoms with Crippen LogP contribution in [0.2, 0.25) is 0 Å². The molecule has 3 aliphatic rings. The number of piperidine rings is 1. The van der Waals surface area contributed by atoms with Gasteiger partial charge in [0, 0.05) is 19.7 Å². The summed E-state index contributed by atoms with van der Waals surface area (Å²) in [6.07, 6.45) is 6.41. The first-order valence-corrected chi connectivity index (χ1v) is 10.3. The summed E-state index contributed by atoms with van der Waals surface area (Å²) in [4.78, 5) is 0. The molecule has 2 saturated heterocycles.